The Morgan fingerprint density at radius 3 is 1.09 bits per heavy atom. The summed E-state index contributed by atoms with van der Waals surface area (Å²) in [5, 5.41) is 3.21. The average Bonchev–Trinajstić information content (AvgIpc) is 2.09. The Morgan fingerprint density at radius 2 is 1.00 bits per heavy atom. The van der Waals surface area contributed by atoms with Crippen LogP contribution in [0, 0.1) is 0 Å². The number of hydrogen-bond acceptors (Lipinski definition) is 2. The molecule has 17 heteroatoms. The predicted octanol–water partition coefficient (Wildman–Crippen LogP) is 3.89. The van der Waals surface area contributed by atoms with Crippen LogP contribution in [0.5, 0.6) is 0 Å². The van der Waals surface area contributed by atoms with Gasteiger partial charge in [-0.3, -0.25) is 0 Å². The highest BCUT2D eigenvalue weighted by Crippen LogP contribution is 2.07. The first-order valence-electron chi connectivity index (χ1n) is 5.34. The Labute approximate surface area is 117 Å². The maximum absolute atomic E-state index is 9.75. The van der Waals surface area contributed by atoms with Crippen molar-refractivity contribution in [3.63, 3.8) is 0 Å². The third kappa shape index (κ3) is 122. The van der Waals surface area contributed by atoms with Crippen LogP contribution in [-0.2, 0) is 4.74 Å². The van der Waals surface area contributed by atoms with E-state index in [1.54, 1.807) is 0 Å². The molecule has 1 N–H and O–H groups in total. The third-order valence-corrected chi connectivity index (χ3v) is 1.11. The van der Waals surface area contributed by atoms with E-state index in [0.29, 0.717) is 6.10 Å². The van der Waals surface area contributed by atoms with Gasteiger partial charge in [-0.25, -0.2) is 0 Å². The predicted molar refractivity (Wildman–Crippen MR) is 58.8 cm³/mol. The molecule has 1 aliphatic rings. The molecule has 0 saturated carbocycles. The van der Waals surface area contributed by atoms with Gasteiger partial charge in [0.25, 0.3) is 0 Å². The molecule has 1 atom stereocenters. The van der Waals surface area contributed by atoms with Crippen molar-refractivity contribution < 1.29 is 56.5 Å². The molecule has 0 radical (unpaired) electrons. The molecule has 1 rings (SSSR count). The standard InChI is InChI=1S/C5H11NO.3BF4/c1-5-4-6-2-3-7-5;3*2-1(3,4)5/h5-6H,2-4H2,1H3;;;/q;3*-1. The minimum Gasteiger partial charge on any atom is -0.418 e. The fourth-order valence-electron chi connectivity index (χ4n) is 0.697. The maximum Gasteiger partial charge on any atom is 0.673 e. The van der Waals surface area contributed by atoms with Crippen molar-refractivity contribution in [2.45, 2.75) is 13.0 Å². The van der Waals surface area contributed by atoms with Crippen molar-refractivity contribution in [3.8, 4) is 0 Å². The van der Waals surface area contributed by atoms with E-state index in [9.17, 15) is 51.8 Å². The summed E-state index contributed by atoms with van der Waals surface area (Å²) < 4.78 is 122. The largest absolute Gasteiger partial charge is 0.673 e. The highest BCUT2D eigenvalue weighted by molar-refractivity contribution is 6.50. The smallest absolute Gasteiger partial charge is 0.418 e. The highest BCUT2D eigenvalue weighted by atomic mass is 19.5. The van der Waals surface area contributed by atoms with Crippen molar-refractivity contribution in [2.75, 3.05) is 19.7 Å². The molecule has 22 heavy (non-hydrogen) atoms. The van der Waals surface area contributed by atoms with Gasteiger partial charge in [0.05, 0.1) is 12.7 Å². The summed E-state index contributed by atoms with van der Waals surface area (Å²) in [5.74, 6) is 0. The van der Waals surface area contributed by atoms with Crippen LogP contribution >= 0.6 is 0 Å². The molecule has 2 nitrogen and oxygen atoms in total. The van der Waals surface area contributed by atoms with Crippen LogP contribution in [-0.4, -0.2) is 47.6 Å². The molecular formula is C5H11B3F12NO-3. The number of halogens is 12. The second-order valence-corrected chi connectivity index (χ2v) is 3.37. The SMILES string of the molecule is CC1CNCCO1.F[B-](F)(F)F.F[B-](F)(F)F.F[B-](F)(F)F. The van der Waals surface area contributed by atoms with Gasteiger partial charge in [0.2, 0.25) is 0 Å². The van der Waals surface area contributed by atoms with Crippen molar-refractivity contribution in [2.24, 2.45) is 0 Å². The van der Waals surface area contributed by atoms with Gasteiger partial charge in [-0.15, -0.1) is 0 Å². The summed E-state index contributed by atoms with van der Waals surface area (Å²) in [6, 6.07) is 0. The molecule has 1 heterocycles. The lowest BCUT2D eigenvalue weighted by Crippen LogP contribution is -2.36. The van der Waals surface area contributed by atoms with Crippen molar-refractivity contribution in [1.29, 1.82) is 0 Å². The molecule has 0 aromatic heterocycles. The number of morpholine rings is 1. The molecule has 0 amide bonds. The summed E-state index contributed by atoms with van der Waals surface area (Å²) in [6.45, 7) is 4.98. The third-order valence-electron chi connectivity index (χ3n) is 1.11. The summed E-state index contributed by atoms with van der Waals surface area (Å²) in [4.78, 5) is 0. The maximum atomic E-state index is 9.75. The summed E-state index contributed by atoms with van der Waals surface area (Å²) in [6.07, 6.45) is 0.425. The van der Waals surface area contributed by atoms with Gasteiger partial charge in [0, 0.05) is 13.1 Å². The molecule has 0 aromatic carbocycles. The molecule has 138 valence electrons. The normalized spacial score (nSPS) is 18.7. The molecule has 0 spiro atoms. The molecule has 1 aliphatic heterocycles. The first-order chi connectivity index (χ1) is 9.39. The van der Waals surface area contributed by atoms with Crippen molar-refractivity contribution in [3.05, 3.63) is 0 Å². The van der Waals surface area contributed by atoms with E-state index in [-0.39, 0.29) is 0 Å². The Bertz CT molecular complexity index is 202. The molecule has 0 aliphatic carbocycles. The lowest BCUT2D eigenvalue weighted by molar-refractivity contribution is 0.0410. The Kier molecular flexibility index (Phi) is 14.0. The first-order valence-corrected chi connectivity index (χ1v) is 5.34. The van der Waals surface area contributed by atoms with E-state index in [1.165, 1.54) is 0 Å². The van der Waals surface area contributed by atoms with Gasteiger partial charge in [-0.1, -0.05) is 0 Å². The minimum absolute atomic E-state index is 0.425. The quantitative estimate of drug-likeness (QED) is 0.522. The highest BCUT2D eigenvalue weighted by Gasteiger charge is 2.21. The van der Waals surface area contributed by atoms with Gasteiger partial charge in [0.1, 0.15) is 0 Å². The van der Waals surface area contributed by atoms with E-state index in [1.807, 2.05) is 0 Å². The zero-order valence-corrected chi connectivity index (χ0v) is 10.9. The van der Waals surface area contributed by atoms with Gasteiger partial charge in [-0.2, -0.15) is 0 Å². The zero-order chi connectivity index (χ0) is 18.6. The van der Waals surface area contributed by atoms with E-state index >= 15 is 0 Å². The minimum atomic E-state index is -6.00. The van der Waals surface area contributed by atoms with E-state index in [2.05, 4.69) is 12.2 Å². The van der Waals surface area contributed by atoms with Gasteiger partial charge >= 0.3 is 21.8 Å². The van der Waals surface area contributed by atoms with Crippen LogP contribution in [0.25, 0.3) is 0 Å². The molecule has 1 unspecified atom stereocenters. The number of nitrogens with one attached hydrogen (secondary N) is 1. The second-order valence-electron chi connectivity index (χ2n) is 3.37. The molecular weight excluding hydrogens is 350 g/mol. The topological polar surface area (TPSA) is 21.3 Å². The summed E-state index contributed by atoms with van der Waals surface area (Å²) in [5.41, 5.74) is 0. The second kappa shape index (κ2) is 11.8. The van der Waals surface area contributed by atoms with E-state index in [0.717, 1.165) is 19.7 Å². The average molecular weight is 362 g/mol. The van der Waals surface area contributed by atoms with Crippen LogP contribution in [0.2, 0.25) is 0 Å². The van der Waals surface area contributed by atoms with Crippen LogP contribution in [0.4, 0.5) is 51.8 Å². The number of rotatable bonds is 0. The Morgan fingerprint density at radius 1 is 0.727 bits per heavy atom. The van der Waals surface area contributed by atoms with Crippen molar-refractivity contribution in [1.82, 2.24) is 5.32 Å². The van der Waals surface area contributed by atoms with Gasteiger partial charge in [0.15, 0.2) is 0 Å². The van der Waals surface area contributed by atoms with Gasteiger partial charge in [-0.05, 0) is 6.92 Å². The number of hydrogen-bond donors (Lipinski definition) is 1. The van der Waals surface area contributed by atoms with Gasteiger partial charge < -0.3 is 61.8 Å². The lowest BCUT2D eigenvalue weighted by Gasteiger charge is -2.18. The Hall–Kier alpha value is -0.725. The van der Waals surface area contributed by atoms with E-state index < -0.39 is 21.8 Å². The monoisotopic (exact) mass is 362 g/mol. The first kappa shape index (κ1) is 26.2. The zero-order valence-electron chi connectivity index (χ0n) is 10.9. The van der Waals surface area contributed by atoms with Crippen LogP contribution in [0.3, 0.4) is 0 Å². The Balaban J connectivity index is -0.000000223. The fraction of sp³-hybridized carbons (Fsp3) is 1.00. The van der Waals surface area contributed by atoms with Crippen LogP contribution in [0.1, 0.15) is 6.92 Å². The summed E-state index contributed by atoms with van der Waals surface area (Å²) in [7, 11) is -18.0. The molecule has 0 bridgehead atoms. The summed E-state index contributed by atoms with van der Waals surface area (Å²) >= 11 is 0. The number of ether oxygens (including phenoxy) is 1. The molecule has 0 aromatic rings. The van der Waals surface area contributed by atoms with Crippen LogP contribution in [0.15, 0.2) is 0 Å². The van der Waals surface area contributed by atoms with Crippen molar-refractivity contribution >= 4 is 21.8 Å². The lowest BCUT2D eigenvalue weighted by atomic mass is 10.3. The van der Waals surface area contributed by atoms with Crippen LogP contribution < -0.4 is 5.32 Å². The molecule has 1 fully saturated rings. The van der Waals surface area contributed by atoms with E-state index in [4.69, 9.17) is 4.74 Å². The molecule has 1 saturated heterocycles. The fourth-order valence-corrected chi connectivity index (χ4v) is 0.697.